The Kier molecular flexibility index (Phi) is 7.85. The number of anilines is 1. The number of aryl methyl sites for hydroxylation is 1. The van der Waals surface area contributed by atoms with Crippen LogP contribution in [-0.2, 0) is 26.8 Å². The summed E-state index contributed by atoms with van der Waals surface area (Å²) in [6, 6.07) is 19.3. The van der Waals surface area contributed by atoms with Crippen molar-refractivity contribution in [2.45, 2.75) is 13.0 Å². The first-order valence-electron chi connectivity index (χ1n) is 10.3. The maximum Gasteiger partial charge on any atom is 0.266 e. The molecule has 2 aromatic carbocycles. The number of para-hydroxylation sites is 1. The molecule has 0 fully saturated rings. The number of nitrogens with zero attached hydrogens (tertiary/aromatic N) is 2. The van der Waals surface area contributed by atoms with E-state index < -0.39 is 20.2 Å². The molecule has 3 aromatic rings. The minimum Gasteiger partial charge on any atom is -0.373 e. The van der Waals surface area contributed by atoms with Gasteiger partial charge in [0.25, 0.3) is 20.2 Å². The second kappa shape index (κ2) is 10.4. The second-order valence-corrected chi connectivity index (χ2v) is 10.9. The van der Waals surface area contributed by atoms with Gasteiger partial charge in [-0.3, -0.25) is 9.11 Å². The SMILES string of the molecule is CN(CCS(=O)(=O)O)c1ccc(C=Cc2ccc3ccccc3[n+]2CCCS(=O)(=O)O)cc1. The van der Waals surface area contributed by atoms with Gasteiger partial charge in [-0.1, -0.05) is 24.3 Å². The summed E-state index contributed by atoms with van der Waals surface area (Å²) in [6.45, 7) is 0.604. The van der Waals surface area contributed by atoms with E-state index in [0.717, 1.165) is 27.8 Å². The van der Waals surface area contributed by atoms with Crippen LogP contribution in [0.4, 0.5) is 5.69 Å². The molecular weight excluding hydrogens is 464 g/mol. The van der Waals surface area contributed by atoms with Gasteiger partial charge in [0.05, 0.1) is 11.5 Å². The van der Waals surface area contributed by atoms with Gasteiger partial charge in [0.2, 0.25) is 11.2 Å². The van der Waals surface area contributed by atoms with Gasteiger partial charge in [0.15, 0.2) is 6.54 Å². The zero-order valence-corrected chi connectivity index (χ0v) is 19.8. The number of pyridine rings is 1. The maximum atomic E-state index is 11.1. The Morgan fingerprint density at radius 1 is 0.848 bits per heavy atom. The molecule has 2 N–H and O–H groups in total. The average molecular weight is 492 g/mol. The molecule has 1 heterocycles. The largest absolute Gasteiger partial charge is 0.373 e. The zero-order valence-electron chi connectivity index (χ0n) is 18.2. The zero-order chi connectivity index (χ0) is 24.1. The molecule has 0 unspecified atom stereocenters. The molecule has 1 aromatic heterocycles. The molecule has 0 amide bonds. The number of fused-ring (bicyclic) bond motifs is 1. The number of benzene rings is 2. The van der Waals surface area contributed by atoms with Crippen molar-refractivity contribution in [1.82, 2.24) is 0 Å². The quantitative estimate of drug-likeness (QED) is 0.331. The summed E-state index contributed by atoms with van der Waals surface area (Å²) in [7, 11) is -6.28. The molecule has 3 rings (SSSR count). The first kappa shape index (κ1) is 24.8. The Morgan fingerprint density at radius 3 is 2.18 bits per heavy atom. The molecule has 0 aliphatic carbocycles. The van der Waals surface area contributed by atoms with Crippen molar-refractivity contribution >= 4 is 49.0 Å². The highest BCUT2D eigenvalue weighted by Crippen LogP contribution is 2.17. The molecule has 0 spiro atoms. The molecule has 0 aliphatic heterocycles. The van der Waals surface area contributed by atoms with E-state index in [1.165, 1.54) is 0 Å². The molecule has 0 radical (unpaired) electrons. The van der Waals surface area contributed by atoms with Crippen molar-refractivity contribution in [1.29, 1.82) is 0 Å². The summed E-state index contributed by atoms with van der Waals surface area (Å²) in [5, 5.41) is 1.03. The Labute approximate surface area is 194 Å². The van der Waals surface area contributed by atoms with Crippen molar-refractivity contribution in [3.05, 3.63) is 71.9 Å². The van der Waals surface area contributed by atoms with Crippen LogP contribution >= 0.6 is 0 Å². The van der Waals surface area contributed by atoms with Crippen LogP contribution in [0.1, 0.15) is 17.7 Å². The standard InChI is InChI=1S/C23H26N2O6S2/c1-24(16-18-33(29,30)31)21-11-7-19(8-12-21)9-13-22-14-10-20-5-2-3-6-23(20)25(22)15-4-17-32(26,27)28/h2-3,5-14H,4,15-18H2,1H3,(H-,26,27,28,29,30,31)/p+1. The van der Waals surface area contributed by atoms with E-state index in [4.69, 9.17) is 9.11 Å². The van der Waals surface area contributed by atoms with Crippen LogP contribution < -0.4 is 9.47 Å². The molecule has 0 atom stereocenters. The molecule has 0 saturated carbocycles. The lowest BCUT2D eigenvalue weighted by Crippen LogP contribution is -2.38. The first-order valence-corrected chi connectivity index (χ1v) is 13.5. The lowest BCUT2D eigenvalue weighted by molar-refractivity contribution is -0.673. The van der Waals surface area contributed by atoms with Crippen LogP contribution in [0, 0.1) is 0 Å². The predicted octanol–water partition coefficient (Wildman–Crippen LogP) is 2.90. The number of hydrogen-bond donors (Lipinski definition) is 2. The van der Waals surface area contributed by atoms with Crippen molar-refractivity contribution in [3.63, 3.8) is 0 Å². The third kappa shape index (κ3) is 7.64. The van der Waals surface area contributed by atoms with Gasteiger partial charge in [-0.15, -0.1) is 0 Å². The van der Waals surface area contributed by atoms with Gasteiger partial charge >= 0.3 is 0 Å². The third-order valence-electron chi connectivity index (χ3n) is 5.22. The van der Waals surface area contributed by atoms with Gasteiger partial charge in [-0.25, -0.2) is 0 Å². The molecule has 176 valence electrons. The minimum absolute atomic E-state index is 0.175. The highest BCUT2D eigenvalue weighted by molar-refractivity contribution is 7.86. The summed E-state index contributed by atoms with van der Waals surface area (Å²) in [6.07, 6.45) is 4.16. The van der Waals surface area contributed by atoms with Gasteiger partial charge in [-0.05, 0) is 35.9 Å². The fraction of sp³-hybridized carbons (Fsp3) is 0.261. The Hall–Kier alpha value is -2.79. The smallest absolute Gasteiger partial charge is 0.266 e. The number of aromatic nitrogens is 1. The van der Waals surface area contributed by atoms with Crippen LogP contribution in [0.5, 0.6) is 0 Å². The lowest BCUT2D eigenvalue weighted by Gasteiger charge is -2.18. The second-order valence-electron chi connectivity index (χ2n) is 7.74. The summed E-state index contributed by atoms with van der Waals surface area (Å²) in [5.41, 5.74) is 3.60. The molecule has 0 saturated heterocycles. The normalized spacial score (nSPS) is 12.5. The van der Waals surface area contributed by atoms with E-state index in [1.807, 2.05) is 77.4 Å². The highest BCUT2D eigenvalue weighted by atomic mass is 32.2. The fourth-order valence-electron chi connectivity index (χ4n) is 3.48. The monoisotopic (exact) mass is 491 g/mol. The fourth-order valence-corrected chi connectivity index (χ4v) is 4.48. The number of rotatable bonds is 10. The van der Waals surface area contributed by atoms with Crippen molar-refractivity contribution < 1.29 is 30.5 Å². The molecular formula is C23H27N2O6S2+. The molecule has 8 nitrogen and oxygen atoms in total. The third-order valence-corrected chi connectivity index (χ3v) is 6.73. The topological polar surface area (TPSA) is 116 Å². The first-order chi connectivity index (χ1) is 15.5. The van der Waals surface area contributed by atoms with Crippen molar-refractivity contribution in [3.8, 4) is 0 Å². The van der Waals surface area contributed by atoms with Gasteiger partial charge < -0.3 is 4.90 Å². The molecule has 0 aliphatic rings. The lowest BCUT2D eigenvalue weighted by atomic mass is 10.1. The van der Waals surface area contributed by atoms with E-state index in [2.05, 4.69) is 0 Å². The van der Waals surface area contributed by atoms with Gasteiger partial charge in [0, 0.05) is 49.3 Å². The summed E-state index contributed by atoms with van der Waals surface area (Å²) in [4.78, 5) is 1.74. The van der Waals surface area contributed by atoms with E-state index in [1.54, 1.807) is 11.9 Å². The highest BCUT2D eigenvalue weighted by Gasteiger charge is 2.15. The maximum absolute atomic E-state index is 11.1. The van der Waals surface area contributed by atoms with Crippen LogP contribution in [0.25, 0.3) is 23.1 Å². The van der Waals surface area contributed by atoms with Crippen molar-refractivity contribution in [2.75, 3.05) is 30.0 Å². The molecule has 33 heavy (non-hydrogen) atoms. The van der Waals surface area contributed by atoms with Crippen LogP contribution in [-0.4, -0.2) is 51.0 Å². The molecule has 10 heteroatoms. The summed E-state index contributed by atoms with van der Waals surface area (Å²) >= 11 is 0. The van der Waals surface area contributed by atoms with Crippen molar-refractivity contribution in [2.24, 2.45) is 0 Å². The van der Waals surface area contributed by atoms with Crippen LogP contribution in [0.3, 0.4) is 0 Å². The van der Waals surface area contributed by atoms with Crippen LogP contribution in [0.2, 0.25) is 0 Å². The summed E-state index contributed by atoms with van der Waals surface area (Å²) in [5.74, 6) is -0.649. The Balaban J connectivity index is 1.80. The Morgan fingerprint density at radius 2 is 1.52 bits per heavy atom. The minimum atomic E-state index is -4.02. The van der Waals surface area contributed by atoms with E-state index in [-0.39, 0.29) is 24.5 Å². The van der Waals surface area contributed by atoms with E-state index >= 15 is 0 Å². The molecule has 0 bridgehead atoms. The van der Waals surface area contributed by atoms with Crippen LogP contribution in [0.15, 0.2) is 60.7 Å². The van der Waals surface area contributed by atoms with E-state index in [9.17, 15) is 16.8 Å². The Bertz CT molecular complexity index is 1350. The summed E-state index contributed by atoms with van der Waals surface area (Å²) < 4.78 is 64.1. The van der Waals surface area contributed by atoms with Gasteiger partial charge in [0.1, 0.15) is 0 Å². The van der Waals surface area contributed by atoms with Gasteiger partial charge in [-0.2, -0.15) is 21.4 Å². The van der Waals surface area contributed by atoms with E-state index in [0.29, 0.717) is 6.54 Å². The average Bonchev–Trinajstić information content (AvgIpc) is 2.75. The predicted molar refractivity (Wildman–Crippen MR) is 130 cm³/mol. The number of hydrogen-bond acceptors (Lipinski definition) is 5.